The van der Waals surface area contributed by atoms with Crippen molar-refractivity contribution in [2.24, 2.45) is 11.1 Å². The zero-order valence-corrected chi connectivity index (χ0v) is 8.23. The lowest BCUT2D eigenvalue weighted by atomic mass is 9.86. The monoisotopic (exact) mass is 170 g/mol. The summed E-state index contributed by atoms with van der Waals surface area (Å²) in [4.78, 5) is 0. The second-order valence-electron chi connectivity index (χ2n) is 4.09. The Morgan fingerprint density at radius 3 is 2.50 bits per heavy atom. The number of nitrogens with one attached hydrogen (secondary N) is 1. The fourth-order valence-corrected chi connectivity index (χ4v) is 2.11. The molecule has 12 heavy (non-hydrogen) atoms. The van der Waals surface area contributed by atoms with Gasteiger partial charge in [-0.25, -0.2) is 0 Å². The molecule has 72 valence electrons. The Balaban J connectivity index is 2.24. The third-order valence-corrected chi connectivity index (χ3v) is 3.02. The summed E-state index contributed by atoms with van der Waals surface area (Å²) in [6.07, 6.45) is 6.65. The van der Waals surface area contributed by atoms with Crippen LogP contribution in [0.4, 0.5) is 0 Å². The van der Waals surface area contributed by atoms with E-state index in [0.29, 0.717) is 5.41 Å². The van der Waals surface area contributed by atoms with Gasteiger partial charge in [0.15, 0.2) is 0 Å². The molecule has 0 atom stereocenters. The van der Waals surface area contributed by atoms with Crippen molar-refractivity contribution in [1.29, 1.82) is 0 Å². The summed E-state index contributed by atoms with van der Waals surface area (Å²) >= 11 is 0. The Hall–Kier alpha value is -0.0800. The van der Waals surface area contributed by atoms with E-state index in [2.05, 4.69) is 12.2 Å². The van der Waals surface area contributed by atoms with Gasteiger partial charge >= 0.3 is 0 Å². The molecule has 1 fully saturated rings. The minimum Gasteiger partial charge on any atom is -0.330 e. The molecule has 0 saturated heterocycles. The number of hydrogen-bond acceptors (Lipinski definition) is 2. The summed E-state index contributed by atoms with van der Waals surface area (Å²) in [5.74, 6) is 0. The van der Waals surface area contributed by atoms with Crippen molar-refractivity contribution in [3.8, 4) is 0 Å². The quantitative estimate of drug-likeness (QED) is 0.614. The third kappa shape index (κ3) is 2.46. The van der Waals surface area contributed by atoms with E-state index < -0.39 is 0 Å². The largest absolute Gasteiger partial charge is 0.330 e. The van der Waals surface area contributed by atoms with Gasteiger partial charge in [-0.3, -0.25) is 0 Å². The first-order chi connectivity index (χ1) is 5.83. The summed E-state index contributed by atoms with van der Waals surface area (Å²) in [6.45, 7) is 5.35. The fraction of sp³-hybridized carbons (Fsp3) is 1.00. The highest BCUT2D eigenvalue weighted by atomic mass is 14.9. The first kappa shape index (κ1) is 10.0. The minimum atomic E-state index is 0.454. The first-order valence-electron chi connectivity index (χ1n) is 5.24. The summed E-state index contributed by atoms with van der Waals surface area (Å²) in [5, 5.41) is 3.49. The molecule has 2 heteroatoms. The van der Waals surface area contributed by atoms with E-state index in [9.17, 15) is 0 Å². The van der Waals surface area contributed by atoms with E-state index in [1.807, 2.05) is 0 Å². The second-order valence-corrected chi connectivity index (χ2v) is 4.09. The molecule has 0 spiro atoms. The summed E-state index contributed by atoms with van der Waals surface area (Å²) in [5.41, 5.74) is 6.26. The molecule has 0 aromatic heterocycles. The first-order valence-corrected chi connectivity index (χ1v) is 5.24. The zero-order valence-electron chi connectivity index (χ0n) is 8.23. The zero-order chi connectivity index (χ0) is 8.86. The Morgan fingerprint density at radius 2 is 2.00 bits per heavy atom. The molecule has 1 aliphatic rings. The molecule has 0 heterocycles. The van der Waals surface area contributed by atoms with Gasteiger partial charge in [0, 0.05) is 6.54 Å². The lowest BCUT2D eigenvalue weighted by Crippen LogP contribution is -2.38. The van der Waals surface area contributed by atoms with E-state index in [-0.39, 0.29) is 0 Å². The van der Waals surface area contributed by atoms with Crippen molar-refractivity contribution >= 4 is 0 Å². The van der Waals surface area contributed by atoms with Crippen LogP contribution < -0.4 is 11.1 Å². The smallest absolute Gasteiger partial charge is 0.00199 e. The average Bonchev–Trinajstić information content (AvgIpc) is 2.55. The van der Waals surface area contributed by atoms with Gasteiger partial charge in [-0.05, 0) is 37.8 Å². The minimum absolute atomic E-state index is 0.454. The standard InChI is InChI=1S/C10H22N2/c1-2-7-12-9-10(8-11)5-3-4-6-10/h12H,2-9,11H2,1H3. The van der Waals surface area contributed by atoms with Gasteiger partial charge in [-0.2, -0.15) is 0 Å². The van der Waals surface area contributed by atoms with E-state index in [1.165, 1.54) is 32.1 Å². The molecule has 2 nitrogen and oxygen atoms in total. The predicted molar refractivity (Wildman–Crippen MR) is 53.1 cm³/mol. The Morgan fingerprint density at radius 1 is 1.33 bits per heavy atom. The predicted octanol–water partition coefficient (Wildman–Crippen LogP) is 1.51. The van der Waals surface area contributed by atoms with E-state index in [1.54, 1.807) is 0 Å². The van der Waals surface area contributed by atoms with Crippen LogP contribution >= 0.6 is 0 Å². The molecule has 0 aromatic rings. The fourth-order valence-electron chi connectivity index (χ4n) is 2.11. The van der Waals surface area contributed by atoms with Crippen LogP contribution in [0.1, 0.15) is 39.0 Å². The molecule has 0 bridgehead atoms. The topological polar surface area (TPSA) is 38.0 Å². The highest BCUT2D eigenvalue weighted by Gasteiger charge is 2.31. The van der Waals surface area contributed by atoms with Gasteiger partial charge in [0.25, 0.3) is 0 Å². The number of hydrogen-bond donors (Lipinski definition) is 2. The van der Waals surface area contributed by atoms with Crippen molar-refractivity contribution in [3.05, 3.63) is 0 Å². The van der Waals surface area contributed by atoms with Gasteiger partial charge < -0.3 is 11.1 Å². The lowest BCUT2D eigenvalue weighted by molar-refractivity contribution is 0.291. The van der Waals surface area contributed by atoms with Crippen molar-refractivity contribution in [2.75, 3.05) is 19.6 Å². The van der Waals surface area contributed by atoms with Gasteiger partial charge in [-0.15, -0.1) is 0 Å². The summed E-state index contributed by atoms with van der Waals surface area (Å²) in [6, 6.07) is 0. The highest BCUT2D eigenvalue weighted by molar-refractivity contribution is 4.87. The van der Waals surface area contributed by atoms with Crippen LogP contribution in [-0.4, -0.2) is 19.6 Å². The summed E-state index contributed by atoms with van der Waals surface area (Å²) in [7, 11) is 0. The van der Waals surface area contributed by atoms with Crippen molar-refractivity contribution in [1.82, 2.24) is 5.32 Å². The Bertz CT molecular complexity index is 117. The van der Waals surface area contributed by atoms with E-state index in [0.717, 1.165) is 19.6 Å². The van der Waals surface area contributed by atoms with Crippen molar-refractivity contribution in [2.45, 2.75) is 39.0 Å². The van der Waals surface area contributed by atoms with Gasteiger partial charge in [0.05, 0.1) is 0 Å². The van der Waals surface area contributed by atoms with Crippen LogP contribution in [0.3, 0.4) is 0 Å². The van der Waals surface area contributed by atoms with Crippen molar-refractivity contribution in [3.63, 3.8) is 0 Å². The van der Waals surface area contributed by atoms with Crippen LogP contribution in [0.2, 0.25) is 0 Å². The third-order valence-electron chi connectivity index (χ3n) is 3.02. The van der Waals surface area contributed by atoms with E-state index in [4.69, 9.17) is 5.73 Å². The molecule has 0 aliphatic heterocycles. The van der Waals surface area contributed by atoms with Gasteiger partial charge in [0.2, 0.25) is 0 Å². The molecule has 3 N–H and O–H groups in total. The van der Waals surface area contributed by atoms with Crippen LogP contribution in [0.5, 0.6) is 0 Å². The second kappa shape index (κ2) is 4.83. The maximum Gasteiger partial charge on any atom is 0.00199 e. The van der Waals surface area contributed by atoms with Gasteiger partial charge in [-0.1, -0.05) is 19.8 Å². The van der Waals surface area contributed by atoms with Crippen LogP contribution in [0, 0.1) is 5.41 Å². The SMILES string of the molecule is CCCNCC1(CN)CCCC1. The number of rotatable bonds is 5. The molecule has 0 amide bonds. The maximum absolute atomic E-state index is 5.81. The molecule has 0 unspecified atom stereocenters. The molecule has 0 radical (unpaired) electrons. The van der Waals surface area contributed by atoms with Crippen LogP contribution in [-0.2, 0) is 0 Å². The average molecular weight is 170 g/mol. The molecular formula is C10H22N2. The van der Waals surface area contributed by atoms with Gasteiger partial charge in [0.1, 0.15) is 0 Å². The molecule has 0 aromatic carbocycles. The Kier molecular flexibility index (Phi) is 4.02. The van der Waals surface area contributed by atoms with Crippen LogP contribution in [0.15, 0.2) is 0 Å². The molecule has 1 saturated carbocycles. The maximum atomic E-state index is 5.81. The molecular weight excluding hydrogens is 148 g/mol. The molecule has 1 rings (SSSR count). The number of nitrogens with two attached hydrogens (primary N) is 1. The summed E-state index contributed by atoms with van der Waals surface area (Å²) < 4.78 is 0. The van der Waals surface area contributed by atoms with Crippen molar-refractivity contribution < 1.29 is 0 Å². The Labute approximate surface area is 75.9 Å². The van der Waals surface area contributed by atoms with Crippen LogP contribution in [0.25, 0.3) is 0 Å². The molecule has 1 aliphatic carbocycles. The van der Waals surface area contributed by atoms with E-state index >= 15 is 0 Å². The lowest BCUT2D eigenvalue weighted by Gasteiger charge is -2.27. The highest BCUT2D eigenvalue weighted by Crippen LogP contribution is 2.36. The normalized spacial score (nSPS) is 21.5.